The highest BCUT2D eigenvalue weighted by atomic mass is 19.4. The van der Waals surface area contributed by atoms with E-state index in [2.05, 4.69) is 9.72 Å². The van der Waals surface area contributed by atoms with E-state index >= 15 is 0 Å². The highest BCUT2D eigenvalue weighted by Gasteiger charge is 2.31. The second kappa shape index (κ2) is 6.58. The van der Waals surface area contributed by atoms with Crippen molar-refractivity contribution in [2.75, 3.05) is 0 Å². The zero-order valence-corrected chi connectivity index (χ0v) is 13.0. The topological polar surface area (TPSA) is 59.4 Å². The van der Waals surface area contributed by atoms with Gasteiger partial charge >= 0.3 is 6.36 Å². The third kappa shape index (κ3) is 4.37. The van der Waals surface area contributed by atoms with E-state index < -0.39 is 6.36 Å². The Labute approximate surface area is 141 Å². The van der Waals surface area contributed by atoms with Gasteiger partial charge in [-0.05, 0) is 41.8 Å². The van der Waals surface area contributed by atoms with Crippen LogP contribution in [0.1, 0.15) is 24.3 Å². The highest BCUT2D eigenvalue weighted by molar-refractivity contribution is 5.91. The van der Waals surface area contributed by atoms with E-state index in [4.69, 9.17) is 0 Å². The van der Waals surface area contributed by atoms with Crippen molar-refractivity contribution in [3.8, 4) is 17.0 Å². The fraction of sp³-hybridized carbons (Fsp3) is 0.222. The van der Waals surface area contributed by atoms with E-state index in [0.717, 1.165) is 5.56 Å². The average molecular weight is 349 g/mol. The number of hydrogen-bond acceptors (Lipinski definition) is 4. The number of carbonyl (C=O) groups excluding carboxylic acids is 1. The largest absolute Gasteiger partial charge is 0.573 e. The molecule has 0 saturated carbocycles. The summed E-state index contributed by atoms with van der Waals surface area (Å²) in [5, 5.41) is 9.58. The first-order valence-corrected chi connectivity index (χ1v) is 7.55. The fourth-order valence-corrected chi connectivity index (χ4v) is 2.75. The molecule has 0 aliphatic heterocycles. The standard InChI is InChI=1S/C18H14F3NO3/c19-18(20,21)25-16-4-1-11(2-5-16)17-6-3-12(10-22-17)13-7-14(23)9-15(24)8-13/h1-6,9-10,13,23H,7-8H2. The predicted molar refractivity (Wildman–Crippen MR) is 84.0 cm³/mol. The molecular formula is C18H14F3NO3. The molecule has 0 spiro atoms. The van der Waals surface area contributed by atoms with Crippen LogP contribution in [0.2, 0.25) is 0 Å². The Bertz CT molecular complexity index is 796. The van der Waals surface area contributed by atoms with Crippen LogP contribution in [0.15, 0.2) is 54.4 Å². The molecule has 0 fully saturated rings. The number of ketones is 1. The zero-order valence-electron chi connectivity index (χ0n) is 13.0. The number of rotatable bonds is 3. The van der Waals surface area contributed by atoms with Crippen molar-refractivity contribution in [3.63, 3.8) is 0 Å². The quantitative estimate of drug-likeness (QED) is 0.884. The number of aliphatic hydroxyl groups is 1. The number of aromatic nitrogens is 1. The molecule has 1 heterocycles. The van der Waals surface area contributed by atoms with Gasteiger partial charge in [0.1, 0.15) is 5.75 Å². The summed E-state index contributed by atoms with van der Waals surface area (Å²) < 4.78 is 40.3. The van der Waals surface area contributed by atoms with Gasteiger partial charge in [-0.15, -0.1) is 13.2 Å². The van der Waals surface area contributed by atoms with Crippen molar-refractivity contribution >= 4 is 5.78 Å². The summed E-state index contributed by atoms with van der Waals surface area (Å²) >= 11 is 0. The van der Waals surface area contributed by atoms with Gasteiger partial charge in [-0.3, -0.25) is 9.78 Å². The molecule has 25 heavy (non-hydrogen) atoms. The van der Waals surface area contributed by atoms with E-state index in [9.17, 15) is 23.1 Å². The summed E-state index contributed by atoms with van der Waals surface area (Å²) in [6.45, 7) is 0. The molecule has 1 unspecified atom stereocenters. The van der Waals surface area contributed by atoms with Crippen LogP contribution in [0.25, 0.3) is 11.3 Å². The molecule has 1 aliphatic carbocycles. The molecule has 130 valence electrons. The Balaban J connectivity index is 1.74. The lowest BCUT2D eigenvalue weighted by Gasteiger charge is -2.19. The number of nitrogens with zero attached hydrogens (tertiary/aromatic N) is 1. The van der Waals surface area contributed by atoms with E-state index in [0.29, 0.717) is 24.1 Å². The molecule has 1 atom stereocenters. The van der Waals surface area contributed by atoms with Gasteiger partial charge in [-0.2, -0.15) is 0 Å². The average Bonchev–Trinajstić information content (AvgIpc) is 2.53. The number of alkyl halides is 3. The minimum atomic E-state index is -4.72. The molecule has 0 saturated heterocycles. The number of carbonyl (C=O) groups is 1. The lowest BCUT2D eigenvalue weighted by atomic mass is 9.87. The van der Waals surface area contributed by atoms with E-state index in [-0.39, 0.29) is 23.2 Å². The molecule has 0 bridgehead atoms. The highest BCUT2D eigenvalue weighted by Crippen LogP contribution is 2.31. The first-order valence-electron chi connectivity index (χ1n) is 7.55. The number of aliphatic hydroxyl groups excluding tert-OH is 1. The fourth-order valence-electron chi connectivity index (χ4n) is 2.75. The first kappa shape index (κ1) is 17.0. The summed E-state index contributed by atoms with van der Waals surface area (Å²) in [5.74, 6) is -0.485. The minimum Gasteiger partial charge on any atom is -0.512 e. The van der Waals surface area contributed by atoms with Gasteiger partial charge in [0.2, 0.25) is 0 Å². The van der Waals surface area contributed by atoms with Crippen LogP contribution in [-0.2, 0) is 4.79 Å². The van der Waals surface area contributed by atoms with Crippen LogP contribution < -0.4 is 4.74 Å². The maximum Gasteiger partial charge on any atom is 0.573 e. The number of ether oxygens (including phenoxy) is 1. The molecule has 1 aromatic carbocycles. The van der Waals surface area contributed by atoms with Gasteiger partial charge in [0.25, 0.3) is 0 Å². The van der Waals surface area contributed by atoms with Gasteiger partial charge in [0.05, 0.1) is 11.5 Å². The smallest absolute Gasteiger partial charge is 0.512 e. The van der Waals surface area contributed by atoms with E-state index in [1.807, 2.05) is 0 Å². The van der Waals surface area contributed by atoms with Gasteiger partial charge in [-0.1, -0.05) is 6.07 Å². The first-order chi connectivity index (χ1) is 11.8. The summed E-state index contributed by atoms with van der Waals surface area (Å²) in [5.41, 5.74) is 2.06. The van der Waals surface area contributed by atoms with Crippen LogP contribution in [0.5, 0.6) is 5.75 Å². The molecular weight excluding hydrogens is 335 g/mol. The Kier molecular flexibility index (Phi) is 4.48. The second-order valence-corrected chi connectivity index (χ2v) is 5.76. The SMILES string of the molecule is O=C1C=C(O)CC(c2ccc(-c3ccc(OC(F)(F)F)cc3)nc2)C1. The van der Waals surface area contributed by atoms with Gasteiger partial charge in [-0.25, -0.2) is 0 Å². The van der Waals surface area contributed by atoms with Crippen LogP contribution in [-0.4, -0.2) is 22.2 Å². The Morgan fingerprint density at radius 1 is 1.08 bits per heavy atom. The van der Waals surface area contributed by atoms with Crippen molar-refractivity contribution in [1.29, 1.82) is 0 Å². The lowest BCUT2D eigenvalue weighted by Crippen LogP contribution is -2.16. The molecule has 1 N–H and O–H groups in total. The lowest BCUT2D eigenvalue weighted by molar-refractivity contribution is -0.274. The molecule has 1 aromatic heterocycles. The van der Waals surface area contributed by atoms with Crippen molar-refractivity contribution in [2.24, 2.45) is 0 Å². The molecule has 0 amide bonds. The maximum absolute atomic E-state index is 12.2. The molecule has 7 heteroatoms. The normalized spacial score (nSPS) is 18.0. The summed E-state index contributed by atoms with van der Waals surface area (Å²) in [4.78, 5) is 15.8. The summed E-state index contributed by atoms with van der Waals surface area (Å²) in [6, 6.07) is 8.96. The van der Waals surface area contributed by atoms with Crippen LogP contribution in [0.3, 0.4) is 0 Å². The number of allylic oxidation sites excluding steroid dienone is 2. The Hall–Kier alpha value is -2.83. The maximum atomic E-state index is 12.2. The summed E-state index contributed by atoms with van der Waals surface area (Å²) in [7, 11) is 0. The predicted octanol–water partition coefficient (Wildman–Crippen LogP) is 4.54. The van der Waals surface area contributed by atoms with Crippen molar-refractivity contribution in [2.45, 2.75) is 25.1 Å². The third-order valence-corrected chi connectivity index (χ3v) is 3.87. The monoisotopic (exact) mass is 349 g/mol. The van der Waals surface area contributed by atoms with Crippen molar-refractivity contribution < 1.29 is 27.8 Å². The van der Waals surface area contributed by atoms with E-state index in [1.54, 1.807) is 18.3 Å². The molecule has 0 radical (unpaired) electrons. The van der Waals surface area contributed by atoms with Crippen LogP contribution in [0, 0.1) is 0 Å². The second-order valence-electron chi connectivity index (χ2n) is 5.76. The summed E-state index contributed by atoms with van der Waals surface area (Å²) in [6.07, 6.45) is -1.17. The number of halogens is 3. The Morgan fingerprint density at radius 2 is 1.80 bits per heavy atom. The van der Waals surface area contributed by atoms with E-state index in [1.165, 1.54) is 30.3 Å². The third-order valence-electron chi connectivity index (χ3n) is 3.87. The Morgan fingerprint density at radius 3 is 2.36 bits per heavy atom. The van der Waals surface area contributed by atoms with Gasteiger partial charge in [0.15, 0.2) is 5.78 Å². The van der Waals surface area contributed by atoms with Gasteiger partial charge < -0.3 is 9.84 Å². The van der Waals surface area contributed by atoms with Crippen LogP contribution >= 0.6 is 0 Å². The van der Waals surface area contributed by atoms with Gasteiger partial charge in [0, 0.05) is 30.7 Å². The van der Waals surface area contributed by atoms with Crippen molar-refractivity contribution in [1.82, 2.24) is 4.98 Å². The number of pyridine rings is 1. The minimum absolute atomic E-state index is 0.0607. The number of hydrogen-bond donors (Lipinski definition) is 1. The molecule has 3 rings (SSSR count). The molecule has 4 nitrogen and oxygen atoms in total. The number of benzene rings is 1. The molecule has 1 aliphatic rings. The van der Waals surface area contributed by atoms with Crippen LogP contribution in [0.4, 0.5) is 13.2 Å². The molecule has 2 aromatic rings. The van der Waals surface area contributed by atoms with Crippen molar-refractivity contribution in [3.05, 3.63) is 60.0 Å². The zero-order chi connectivity index (χ0) is 18.0.